The number of halogens is 1. The second-order valence-electron chi connectivity index (χ2n) is 2.60. The van der Waals surface area contributed by atoms with Gasteiger partial charge >= 0.3 is 0 Å². The van der Waals surface area contributed by atoms with E-state index < -0.39 is 0 Å². The van der Waals surface area contributed by atoms with Gasteiger partial charge in [-0.2, -0.15) is 0 Å². The Labute approximate surface area is 84.6 Å². The summed E-state index contributed by atoms with van der Waals surface area (Å²) in [5.74, 6) is 0.736. The first-order valence-corrected chi connectivity index (χ1v) is 5.02. The van der Waals surface area contributed by atoms with Crippen LogP contribution in [0, 0.1) is 0 Å². The van der Waals surface area contributed by atoms with Crippen molar-refractivity contribution in [3.05, 3.63) is 39.6 Å². The summed E-state index contributed by atoms with van der Waals surface area (Å²) in [4.78, 5) is 7.04. The number of hydrogen-bond acceptors (Lipinski definition) is 3. The molecule has 2 aromatic heterocycles. The molecule has 5 heteroatoms. The zero-order valence-electron chi connectivity index (χ0n) is 6.70. The summed E-state index contributed by atoms with van der Waals surface area (Å²) in [6.07, 6.45) is 3.42. The minimum Gasteiger partial charge on any atom is -0.347 e. The van der Waals surface area contributed by atoms with Gasteiger partial charge in [0.15, 0.2) is 0 Å². The highest BCUT2D eigenvalue weighted by atomic mass is 35.5. The molecule has 0 bridgehead atoms. The van der Waals surface area contributed by atoms with Crippen molar-refractivity contribution in [2.45, 2.75) is 6.04 Å². The van der Waals surface area contributed by atoms with Crippen LogP contribution in [0.5, 0.6) is 0 Å². The van der Waals surface area contributed by atoms with E-state index in [0.29, 0.717) is 0 Å². The Balaban J connectivity index is 2.33. The highest BCUT2D eigenvalue weighted by molar-refractivity contribution is 7.14. The molecule has 2 heterocycles. The molecule has 1 atom stereocenters. The Morgan fingerprint density at radius 2 is 2.46 bits per heavy atom. The average molecular weight is 214 g/mol. The van der Waals surface area contributed by atoms with Crippen LogP contribution in [-0.4, -0.2) is 9.97 Å². The summed E-state index contributed by atoms with van der Waals surface area (Å²) in [6.45, 7) is 0. The lowest BCUT2D eigenvalue weighted by atomic mass is 10.1. The number of nitrogens with two attached hydrogens (primary N) is 1. The number of H-pyrrole nitrogens is 1. The molecule has 0 saturated carbocycles. The van der Waals surface area contributed by atoms with Gasteiger partial charge in [-0.3, -0.25) is 0 Å². The molecule has 0 radical (unpaired) electrons. The highest BCUT2D eigenvalue weighted by Gasteiger charge is 2.14. The third kappa shape index (κ3) is 1.60. The van der Waals surface area contributed by atoms with Gasteiger partial charge in [-0.1, -0.05) is 11.6 Å². The van der Waals surface area contributed by atoms with E-state index in [4.69, 9.17) is 17.3 Å². The van der Waals surface area contributed by atoms with Crippen LogP contribution in [0.2, 0.25) is 4.34 Å². The van der Waals surface area contributed by atoms with E-state index in [2.05, 4.69) is 9.97 Å². The molecule has 0 aromatic carbocycles. The average Bonchev–Trinajstić information content (AvgIpc) is 2.72. The molecule has 2 aromatic rings. The van der Waals surface area contributed by atoms with Crippen molar-refractivity contribution >= 4 is 22.9 Å². The first-order valence-electron chi connectivity index (χ1n) is 3.77. The summed E-state index contributed by atoms with van der Waals surface area (Å²) in [5, 5.41) is 1.92. The molecule has 2 rings (SSSR count). The van der Waals surface area contributed by atoms with E-state index in [0.717, 1.165) is 15.7 Å². The lowest BCUT2D eigenvalue weighted by molar-refractivity contribution is 0.805. The van der Waals surface area contributed by atoms with Crippen molar-refractivity contribution in [1.82, 2.24) is 9.97 Å². The molecule has 0 aliphatic heterocycles. The minimum atomic E-state index is -0.256. The SMILES string of the molecule is NC(c1ncc[nH]1)c1ccsc1Cl. The van der Waals surface area contributed by atoms with Crippen molar-refractivity contribution in [1.29, 1.82) is 0 Å². The van der Waals surface area contributed by atoms with Gasteiger partial charge in [0.05, 0.1) is 10.4 Å². The maximum Gasteiger partial charge on any atom is 0.127 e. The highest BCUT2D eigenvalue weighted by Crippen LogP contribution is 2.29. The van der Waals surface area contributed by atoms with E-state index in [1.807, 2.05) is 11.4 Å². The van der Waals surface area contributed by atoms with Gasteiger partial charge in [-0.25, -0.2) is 4.98 Å². The van der Waals surface area contributed by atoms with Crippen LogP contribution in [0.25, 0.3) is 0 Å². The Hall–Kier alpha value is -0.840. The third-order valence-electron chi connectivity index (χ3n) is 1.80. The number of aromatic nitrogens is 2. The van der Waals surface area contributed by atoms with E-state index in [1.54, 1.807) is 12.4 Å². The van der Waals surface area contributed by atoms with Crippen molar-refractivity contribution in [3.8, 4) is 0 Å². The Morgan fingerprint density at radius 3 is 3.00 bits per heavy atom. The number of rotatable bonds is 2. The first kappa shape index (κ1) is 8.74. The fraction of sp³-hybridized carbons (Fsp3) is 0.125. The van der Waals surface area contributed by atoms with Gasteiger partial charge in [-0.15, -0.1) is 11.3 Å². The van der Waals surface area contributed by atoms with Gasteiger partial charge in [0.25, 0.3) is 0 Å². The molecular weight excluding hydrogens is 206 g/mol. The largest absolute Gasteiger partial charge is 0.347 e. The van der Waals surface area contributed by atoms with Gasteiger partial charge in [0.1, 0.15) is 5.82 Å². The molecule has 0 saturated heterocycles. The van der Waals surface area contributed by atoms with Crippen molar-refractivity contribution < 1.29 is 0 Å². The van der Waals surface area contributed by atoms with Crippen LogP contribution in [0.4, 0.5) is 0 Å². The Morgan fingerprint density at radius 1 is 1.62 bits per heavy atom. The zero-order valence-corrected chi connectivity index (χ0v) is 8.27. The molecular formula is C8H8ClN3S. The summed E-state index contributed by atoms with van der Waals surface area (Å²) in [6, 6.07) is 1.66. The number of hydrogen-bond donors (Lipinski definition) is 2. The predicted molar refractivity (Wildman–Crippen MR) is 53.9 cm³/mol. The number of nitrogens with zero attached hydrogens (tertiary/aromatic N) is 1. The van der Waals surface area contributed by atoms with Crippen molar-refractivity contribution in [2.24, 2.45) is 5.73 Å². The molecule has 0 fully saturated rings. The molecule has 1 unspecified atom stereocenters. The molecule has 3 N–H and O–H groups in total. The van der Waals surface area contributed by atoms with Crippen LogP contribution < -0.4 is 5.73 Å². The zero-order chi connectivity index (χ0) is 9.26. The molecule has 13 heavy (non-hydrogen) atoms. The van der Waals surface area contributed by atoms with Crippen LogP contribution >= 0.6 is 22.9 Å². The number of thiophene rings is 1. The first-order chi connectivity index (χ1) is 6.29. The smallest absolute Gasteiger partial charge is 0.127 e. The molecule has 0 amide bonds. The van der Waals surface area contributed by atoms with Gasteiger partial charge < -0.3 is 10.7 Å². The molecule has 0 aliphatic rings. The van der Waals surface area contributed by atoms with E-state index in [-0.39, 0.29) is 6.04 Å². The predicted octanol–water partition coefficient (Wildman–Crippen LogP) is 2.17. The number of aromatic amines is 1. The van der Waals surface area contributed by atoms with Gasteiger partial charge in [-0.05, 0) is 11.4 Å². The summed E-state index contributed by atoms with van der Waals surface area (Å²) in [5.41, 5.74) is 6.85. The number of imidazole rings is 1. The van der Waals surface area contributed by atoms with E-state index >= 15 is 0 Å². The quantitative estimate of drug-likeness (QED) is 0.804. The topological polar surface area (TPSA) is 54.7 Å². The second kappa shape index (κ2) is 3.49. The van der Waals surface area contributed by atoms with Crippen molar-refractivity contribution in [3.63, 3.8) is 0 Å². The van der Waals surface area contributed by atoms with Crippen LogP contribution in [0.3, 0.4) is 0 Å². The fourth-order valence-corrected chi connectivity index (χ4v) is 2.12. The number of nitrogens with one attached hydrogen (secondary N) is 1. The van der Waals surface area contributed by atoms with Crippen LogP contribution in [0.1, 0.15) is 17.4 Å². The standard InChI is InChI=1S/C8H8ClN3S/c9-7-5(1-4-13-7)6(10)8-11-2-3-12-8/h1-4,6H,10H2,(H,11,12). The summed E-state index contributed by atoms with van der Waals surface area (Å²) in [7, 11) is 0. The maximum absolute atomic E-state index is 5.95. The Kier molecular flexibility index (Phi) is 2.35. The maximum atomic E-state index is 5.95. The fourth-order valence-electron chi connectivity index (χ4n) is 1.12. The molecule has 0 spiro atoms. The third-order valence-corrected chi connectivity index (χ3v) is 3.00. The normalized spacial score (nSPS) is 13.1. The second-order valence-corrected chi connectivity index (χ2v) is 4.12. The van der Waals surface area contributed by atoms with Crippen molar-refractivity contribution in [2.75, 3.05) is 0 Å². The molecule has 0 aliphatic carbocycles. The summed E-state index contributed by atoms with van der Waals surface area (Å²) < 4.78 is 0.726. The van der Waals surface area contributed by atoms with E-state index in [1.165, 1.54) is 11.3 Å². The van der Waals surface area contributed by atoms with Crippen LogP contribution in [-0.2, 0) is 0 Å². The lowest BCUT2D eigenvalue weighted by Crippen LogP contribution is -2.12. The van der Waals surface area contributed by atoms with Crippen LogP contribution in [0.15, 0.2) is 23.8 Å². The molecule has 68 valence electrons. The summed E-state index contributed by atoms with van der Waals surface area (Å²) >= 11 is 7.42. The monoisotopic (exact) mass is 213 g/mol. The van der Waals surface area contributed by atoms with Gasteiger partial charge in [0.2, 0.25) is 0 Å². The molecule has 3 nitrogen and oxygen atoms in total. The van der Waals surface area contributed by atoms with Gasteiger partial charge in [0, 0.05) is 18.0 Å². The van der Waals surface area contributed by atoms with E-state index in [9.17, 15) is 0 Å². The minimum absolute atomic E-state index is 0.256. The Bertz CT molecular complexity index is 382. The lowest BCUT2D eigenvalue weighted by Gasteiger charge is -2.06.